The van der Waals surface area contributed by atoms with Crippen molar-refractivity contribution in [2.75, 3.05) is 24.9 Å². The molecule has 0 spiro atoms. The molecule has 0 atom stereocenters. The predicted molar refractivity (Wildman–Crippen MR) is 100 cm³/mol. The maximum absolute atomic E-state index is 6.10. The molecule has 0 aliphatic carbocycles. The molecule has 6 heteroatoms. The average molecular weight is 351 g/mol. The highest BCUT2D eigenvalue weighted by Gasteiger charge is 2.11. The van der Waals surface area contributed by atoms with Gasteiger partial charge in [-0.3, -0.25) is 0 Å². The van der Waals surface area contributed by atoms with Crippen LogP contribution >= 0.6 is 23.8 Å². The van der Waals surface area contributed by atoms with E-state index in [2.05, 4.69) is 23.6 Å². The molecule has 0 aliphatic rings. The summed E-state index contributed by atoms with van der Waals surface area (Å²) in [4.78, 5) is 0. The Morgan fingerprint density at radius 1 is 0.957 bits per heavy atom. The lowest BCUT2D eigenvalue weighted by Gasteiger charge is -2.16. The fourth-order valence-electron chi connectivity index (χ4n) is 2.19. The van der Waals surface area contributed by atoms with Crippen LogP contribution in [0.25, 0.3) is 0 Å². The van der Waals surface area contributed by atoms with Crippen molar-refractivity contribution in [3.05, 3.63) is 46.5 Å². The molecule has 122 valence electrons. The van der Waals surface area contributed by atoms with Gasteiger partial charge in [-0.15, -0.1) is 0 Å². The highest BCUT2D eigenvalue weighted by Crippen LogP contribution is 2.35. The minimum atomic E-state index is 0.458. The highest BCUT2D eigenvalue weighted by molar-refractivity contribution is 7.80. The standard InChI is InChI=1S/C17H19ClN2O2S/c1-10-5-6-13(11(2)7-10)19-17(23)20-14-9-15(21-3)12(18)8-16(14)22-4/h5-9H,1-4H3,(H2,19,20,23). The van der Waals surface area contributed by atoms with Crippen LogP contribution in [0.2, 0.25) is 5.02 Å². The van der Waals surface area contributed by atoms with E-state index in [9.17, 15) is 0 Å². The van der Waals surface area contributed by atoms with Crippen LogP contribution in [0.15, 0.2) is 30.3 Å². The van der Waals surface area contributed by atoms with Gasteiger partial charge in [0.1, 0.15) is 11.5 Å². The van der Waals surface area contributed by atoms with Crippen molar-refractivity contribution in [3.8, 4) is 11.5 Å². The Morgan fingerprint density at radius 2 is 1.61 bits per heavy atom. The van der Waals surface area contributed by atoms with Crippen LogP contribution in [0.5, 0.6) is 11.5 Å². The molecule has 0 unspecified atom stereocenters. The predicted octanol–water partition coefficient (Wildman–Crippen LogP) is 4.78. The first-order valence-electron chi connectivity index (χ1n) is 7.01. The molecule has 0 aromatic heterocycles. The Bertz CT molecular complexity index is 735. The number of ether oxygens (including phenoxy) is 2. The van der Waals surface area contributed by atoms with E-state index in [0.29, 0.717) is 27.3 Å². The van der Waals surface area contributed by atoms with Gasteiger partial charge in [-0.2, -0.15) is 0 Å². The Balaban J connectivity index is 2.19. The van der Waals surface area contributed by atoms with Gasteiger partial charge in [0, 0.05) is 17.8 Å². The van der Waals surface area contributed by atoms with E-state index < -0.39 is 0 Å². The lowest BCUT2D eigenvalue weighted by Crippen LogP contribution is -2.20. The lowest BCUT2D eigenvalue weighted by atomic mass is 10.1. The van der Waals surface area contributed by atoms with E-state index in [1.54, 1.807) is 26.4 Å². The maximum Gasteiger partial charge on any atom is 0.175 e. The van der Waals surface area contributed by atoms with Gasteiger partial charge in [-0.25, -0.2) is 0 Å². The molecule has 0 radical (unpaired) electrons. The first kappa shape index (κ1) is 17.4. The number of thiocarbonyl (C=S) groups is 1. The lowest BCUT2D eigenvalue weighted by molar-refractivity contribution is 0.405. The zero-order valence-corrected chi connectivity index (χ0v) is 15.1. The number of halogens is 1. The van der Waals surface area contributed by atoms with Crippen LogP contribution in [-0.4, -0.2) is 19.3 Å². The van der Waals surface area contributed by atoms with Gasteiger partial charge in [-0.1, -0.05) is 29.3 Å². The fourth-order valence-corrected chi connectivity index (χ4v) is 2.64. The van der Waals surface area contributed by atoms with E-state index in [0.717, 1.165) is 11.3 Å². The van der Waals surface area contributed by atoms with Crippen molar-refractivity contribution in [2.24, 2.45) is 0 Å². The molecule has 0 amide bonds. The molecule has 23 heavy (non-hydrogen) atoms. The largest absolute Gasteiger partial charge is 0.495 e. The number of hydrogen-bond acceptors (Lipinski definition) is 3. The van der Waals surface area contributed by atoms with Crippen LogP contribution in [0.3, 0.4) is 0 Å². The molecule has 2 N–H and O–H groups in total. The van der Waals surface area contributed by atoms with Crippen molar-refractivity contribution in [1.29, 1.82) is 0 Å². The van der Waals surface area contributed by atoms with Crippen molar-refractivity contribution in [3.63, 3.8) is 0 Å². The van der Waals surface area contributed by atoms with Crippen LogP contribution in [0, 0.1) is 13.8 Å². The average Bonchev–Trinajstić information content (AvgIpc) is 2.51. The Labute approximate surface area is 146 Å². The third-order valence-electron chi connectivity index (χ3n) is 3.35. The smallest absolute Gasteiger partial charge is 0.175 e. The molecule has 0 fully saturated rings. The molecular formula is C17H19ClN2O2S. The van der Waals surface area contributed by atoms with E-state index in [1.807, 2.05) is 19.1 Å². The van der Waals surface area contributed by atoms with Crippen LogP contribution in [0.4, 0.5) is 11.4 Å². The summed E-state index contributed by atoms with van der Waals surface area (Å²) in [5, 5.41) is 7.22. The SMILES string of the molecule is COc1cc(NC(=S)Nc2ccc(C)cc2C)c(OC)cc1Cl. The fraction of sp³-hybridized carbons (Fsp3) is 0.235. The molecule has 0 bridgehead atoms. The zero-order valence-electron chi connectivity index (χ0n) is 13.5. The number of rotatable bonds is 4. The van der Waals surface area contributed by atoms with Crippen molar-refractivity contribution in [2.45, 2.75) is 13.8 Å². The van der Waals surface area contributed by atoms with Gasteiger partial charge in [0.05, 0.1) is 24.9 Å². The summed E-state index contributed by atoms with van der Waals surface area (Å²) >= 11 is 11.5. The molecule has 4 nitrogen and oxygen atoms in total. The summed E-state index contributed by atoms with van der Waals surface area (Å²) in [7, 11) is 3.13. The van der Waals surface area contributed by atoms with Crippen molar-refractivity contribution in [1.82, 2.24) is 0 Å². The summed E-state index contributed by atoms with van der Waals surface area (Å²) in [6.45, 7) is 4.09. The topological polar surface area (TPSA) is 42.5 Å². The molecular weight excluding hydrogens is 332 g/mol. The second-order valence-corrected chi connectivity index (χ2v) is 5.90. The van der Waals surface area contributed by atoms with Gasteiger partial charge < -0.3 is 20.1 Å². The van der Waals surface area contributed by atoms with Crippen LogP contribution < -0.4 is 20.1 Å². The van der Waals surface area contributed by atoms with Gasteiger partial charge in [0.25, 0.3) is 0 Å². The summed E-state index contributed by atoms with van der Waals surface area (Å²) in [6, 6.07) is 9.55. The minimum Gasteiger partial charge on any atom is -0.495 e. The number of methoxy groups -OCH3 is 2. The Hall–Kier alpha value is -1.98. The first-order valence-corrected chi connectivity index (χ1v) is 7.80. The quantitative estimate of drug-likeness (QED) is 0.776. The van der Waals surface area contributed by atoms with Gasteiger partial charge in [0.15, 0.2) is 5.11 Å². The van der Waals surface area contributed by atoms with E-state index >= 15 is 0 Å². The Morgan fingerprint density at radius 3 is 2.22 bits per heavy atom. The number of benzene rings is 2. The molecule has 0 saturated carbocycles. The van der Waals surface area contributed by atoms with Gasteiger partial charge in [0.2, 0.25) is 0 Å². The summed E-state index contributed by atoms with van der Waals surface area (Å²) in [5.74, 6) is 1.13. The third-order valence-corrected chi connectivity index (χ3v) is 3.85. The Kier molecular flexibility index (Phi) is 5.69. The molecule has 2 aromatic carbocycles. The van der Waals surface area contributed by atoms with Gasteiger partial charge >= 0.3 is 0 Å². The highest BCUT2D eigenvalue weighted by atomic mass is 35.5. The number of aryl methyl sites for hydroxylation is 2. The summed E-state index contributed by atoms with van der Waals surface area (Å²) in [6.07, 6.45) is 0. The minimum absolute atomic E-state index is 0.458. The number of anilines is 2. The molecule has 2 rings (SSSR count). The first-order chi connectivity index (χ1) is 10.9. The third kappa shape index (κ3) is 4.27. The van der Waals surface area contributed by atoms with E-state index in [1.165, 1.54) is 5.56 Å². The number of nitrogens with one attached hydrogen (secondary N) is 2. The van der Waals surface area contributed by atoms with Crippen LogP contribution in [-0.2, 0) is 0 Å². The van der Waals surface area contributed by atoms with E-state index in [4.69, 9.17) is 33.3 Å². The van der Waals surface area contributed by atoms with Crippen LogP contribution in [0.1, 0.15) is 11.1 Å². The second kappa shape index (κ2) is 7.53. The zero-order chi connectivity index (χ0) is 17.0. The summed E-state index contributed by atoms with van der Waals surface area (Å²) in [5.41, 5.74) is 3.95. The molecule has 0 aliphatic heterocycles. The second-order valence-electron chi connectivity index (χ2n) is 5.08. The molecule has 0 saturated heterocycles. The van der Waals surface area contributed by atoms with E-state index in [-0.39, 0.29) is 0 Å². The molecule has 2 aromatic rings. The van der Waals surface area contributed by atoms with Crippen molar-refractivity contribution < 1.29 is 9.47 Å². The normalized spacial score (nSPS) is 10.1. The van der Waals surface area contributed by atoms with Gasteiger partial charge in [-0.05, 0) is 37.7 Å². The summed E-state index contributed by atoms with van der Waals surface area (Å²) < 4.78 is 10.6. The number of hydrogen-bond donors (Lipinski definition) is 2. The maximum atomic E-state index is 6.10. The monoisotopic (exact) mass is 350 g/mol. The molecule has 0 heterocycles. The van der Waals surface area contributed by atoms with Crippen molar-refractivity contribution >= 4 is 40.3 Å².